The van der Waals surface area contributed by atoms with Crippen LogP contribution in [0.15, 0.2) is 18.2 Å². The molecule has 1 aromatic carbocycles. The summed E-state index contributed by atoms with van der Waals surface area (Å²) in [5.74, 6) is -0.323. The van der Waals surface area contributed by atoms with E-state index < -0.39 is 23.3 Å². The van der Waals surface area contributed by atoms with Crippen LogP contribution in [-0.2, 0) is 11.0 Å². The number of carbonyl (C=O) groups excluding carboxylic acids is 1. The first-order valence-electron chi connectivity index (χ1n) is 6.35. The van der Waals surface area contributed by atoms with E-state index in [1.165, 1.54) is 0 Å². The van der Waals surface area contributed by atoms with E-state index in [4.69, 9.17) is 11.6 Å². The number of rotatable bonds is 3. The highest BCUT2D eigenvalue weighted by molar-refractivity contribution is 6.33. The molecule has 1 atom stereocenters. The van der Waals surface area contributed by atoms with Gasteiger partial charge in [-0.1, -0.05) is 11.6 Å². The maximum Gasteiger partial charge on any atom is 0.416 e. The SMILES string of the molecule is CC(Nc1cc(C(F)(F)F)ccc1Cl)C(=O)NC(C)(C)C. The second-order valence-corrected chi connectivity index (χ2v) is 6.20. The Morgan fingerprint density at radius 1 is 1.24 bits per heavy atom. The smallest absolute Gasteiger partial charge is 0.373 e. The number of hydrogen-bond donors (Lipinski definition) is 2. The molecule has 0 heterocycles. The van der Waals surface area contributed by atoms with Crippen LogP contribution < -0.4 is 10.6 Å². The van der Waals surface area contributed by atoms with Crippen LogP contribution in [0.3, 0.4) is 0 Å². The van der Waals surface area contributed by atoms with Crippen molar-refractivity contribution < 1.29 is 18.0 Å². The average Bonchev–Trinajstić information content (AvgIpc) is 2.28. The number of amides is 1. The van der Waals surface area contributed by atoms with Crippen molar-refractivity contribution in [3.05, 3.63) is 28.8 Å². The van der Waals surface area contributed by atoms with Crippen LogP contribution in [0, 0.1) is 0 Å². The summed E-state index contributed by atoms with van der Waals surface area (Å²) in [6, 6.07) is 2.22. The van der Waals surface area contributed by atoms with Gasteiger partial charge in [0.05, 0.1) is 16.3 Å². The Labute approximate surface area is 126 Å². The van der Waals surface area contributed by atoms with E-state index in [9.17, 15) is 18.0 Å². The van der Waals surface area contributed by atoms with E-state index in [1.807, 2.05) is 20.8 Å². The maximum absolute atomic E-state index is 12.7. The van der Waals surface area contributed by atoms with Crippen LogP contribution in [0.1, 0.15) is 33.3 Å². The van der Waals surface area contributed by atoms with E-state index in [2.05, 4.69) is 10.6 Å². The summed E-state index contributed by atoms with van der Waals surface area (Å²) in [6.45, 7) is 7.00. The lowest BCUT2D eigenvalue weighted by molar-refractivity contribution is -0.137. The predicted octanol–water partition coefficient (Wildman–Crippen LogP) is 4.07. The van der Waals surface area contributed by atoms with Gasteiger partial charge in [0.15, 0.2) is 0 Å². The Hall–Kier alpha value is -1.43. The zero-order valence-corrected chi connectivity index (χ0v) is 13.0. The zero-order chi connectivity index (χ0) is 16.4. The van der Waals surface area contributed by atoms with Gasteiger partial charge in [0.25, 0.3) is 0 Å². The Kier molecular flexibility index (Phi) is 5.15. The maximum atomic E-state index is 12.7. The van der Waals surface area contributed by atoms with Gasteiger partial charge in [-0.05, 0) is 45.9 Å². The summed E-state index contributed by atoms with van der Waals surface area (Å²) in [5, 5.41) is 5.56. The third-order valence-electron chi connectivity index (χ3n) is 2.56. The zero-order valence-electron chi connectivity index (χ0n) is 12.2. The molecule has 1 aromatic rings. The largest absolute Gasteiger partial charge is 0.416 e. The molecule has 1 unspecified atom stereocenters. The van der Waals surface area contributed by atoms with E-state index in [-0.39, 0.29) is 16.6 Å². The van der Waals surface area contributed by atoms with Gasteiger partial charge >= 0.3 is 6.18 Å². The van der Waals surface area contributed by atoms with E-state index >= 15 is 0 Å². The highest BCUT2D eigenvalue weighted by Gasteiger charge is 2.31. The van der Waals surface area contributed by atoms with Gasteiger partial charge in [0, 0.05) is 5.54 Å². The first-order chi connectivity index (χ1) is 9.40. The van der Waals surface area contributed by atoms with Crippen molar-refractivity contribution in [2.45, 2.75) is 45.5 Å². The Morgan fingerprint density at radius 2 is 1.81 bits per heavy atom. The van der Waals surface area contributed by atoms with Gasteiger partial charge in [-0.2, -0.15) is 13.2 Å². The van der Waals surface area contributed by atoms with Crippen LogP contribution in [0.2, 0.25) is 5.02 Å². The first kappa shape index (κ1) is 17.6. The molecule has 0 radical (unpaired) electrons. The molecule has 2 N–H and O–H groups in total. The van der Waals surface area contributed by atoms with Crippen molar-refractivity contribution in [1.29, 1.82) is 0 Å². The summed E-state index contributed by atoms with van der Waals surface area (Å²) in [5.41, 5.74) is -1.18. The van der Waals surface area contributed by atoms with E-state index in [0.29, 0.717) is 0 Å². The third kappa shape index (κ3) is 5.46. The van der Waals surface area contributed by atoms with Crippen LogP contribution in [0.25, 0.3) is 0 Å². The number of halogens is 4. The molecule has 0 saturated carbocycles. The fourth-order valence-corrected chi connectivity index (χ4v) is 1.76. The molecule has 21 heavy (non-hydrogen) atoms. The molecular formula is C14H18ClF3N2O. The molecule has 0 saturated heterocycles. The fraction of sp³-hybridized carbons (Fsp3) is 0.500. The summed E-state index contributed by atoms with van der Waals surface area (Å²) in [6.07, 6.45) is -4.46. The highest BCUT2D eigenvalue weighted by Crippen LogP contribution is 2.34. The molecular weight excluding hydrogens is 305 g/mol. The Balaban J connectivity index is 2.90. The van der Waals surface area contributed by atoms with E-state index in [0.717, 1.165) is 18.2 Å². The van der Waals surface area contributed by atoms with Crippen molar-refractivity contribution in [3.8, 4) is 0 Å². The molecule has 3 nitrogen and oxygen atoms in total. The third-order valence-corrected chi connectivity index (χ3v) is 2.89. The quantitative estimate of drug-likeness (QED) is 0.880. The highest BCUT2D eigenvalue weighted by atomic mass is 35.5. The molecule has 0 bridgehead atoms. The summed E-state index contributed by atoms with van der Waals surface area (Å²) in [4.78, 5) is 11.9. The summed E-state index contributed by atoms with van der Waals surface area (Å²) < 4.78 is 38.0. The number of benzene rings is 1. The van der Waals surface area contributed by atoms with E-state index in [1.54, 1.807) is 6.92 Å². The second kappa shape index (κ2) is 6.13. The minimum atomic E-state index is -4.46. The molecule has 0 aliphatic rings. The number of hydrogen-bond acceptors (Lipinski definition) is 2. The van der Waals surface area contributed by atoms with Crippen LogP contribution in [0.4, 0.5) is 18.9 Å². The normalized spacial score (nSPS) is 13.7. The van der Waals surface area contributed by atoms with Crippen LogP contribution >= 0.6 is 11.6 Å². The summed E-state index contributed by atoms with van der Waals surface area (Å²) >= 11 is 5.87. The lowest BCUT2D eigenvalue weighted by Gasteiger charge is -2.24. The van der Waals surface area contributed by atoms with Gasteiger partial charge in [0.2, 0.25) is 5.91 Å². The molecule has 0 aliphatic heterocycles. The minimum Gasteiger partial charge on any atom is -0.373 e. The predicted molar refractivity (Wildman–Crippen MR) is 77.4 cm³/mol. The average molecular weight is 323 g/mol. The van der Waals surface area contributed by atoms with Gasteiger partial charge in [0.1, 0.15) is 6.04 Å². The lowest BCUT2D eigenvalue weighted by atomic mass is 10.1. The Morgan fingerprint density at radius 3 is 2.29 bits per heavy atom. The fourth-order valence-electron chi connectivity index (χ4n) is 1.59. The Bertz CT molecular complexity index is 524. The second-order valence-electron chi connectivity index (χ2n) is 5.80. The topological polar surface area (TPSA) is 41.1 Å². The molecule has 0 aromatic heterocycles. The number of carbonyl (C=O) groups is 1. The number of alkyl halides is 3. The van der Waals surface area contributed by atoms with Crippen molar-refractivity contribution in [3.63, 3.8) is 0 Å². The standard InChI is InChI=1S/C14H18ClF3N2O/c1-8(12(21)20-13(2,3)4)19-11-7-9(14(16,17)18)5-6-10(11)15/h5-8,19H,1-4H3,(H,20,21). The first-order valence-corrected chi connectivity index (χ1v) is 6.73. The molecule has 0 spiro atoms. The molecule has 118 valence electrons. The van der Waals surface area contributed by atoms with Crippen molar-refractivity contribution in [2.24, 2.45) is 0 Å². The monoisotopic (exact) mass is 322 g/mol. The van der Waals surface area contributed by atoms with Crippen molar-refractivity contribution in [2.75, 3.05) is 5.32 Å². The lowest BCUT2D eigenvalue weighted by Crippen LogP contribution is -2.47. The van der Waals surface area contributed by atoms with Gasteiger partial charge in [-0.3, -0.25) is 4.79 Å². The van der Waals surface area contributed by atoms with Crippen molar-refractivity contribution in [1.82, 2.24) is 5.32 Å². The van der Waals surface area contributed by atoms with Crippen LogP contribution in [0.5, 0.6) is 0 Å². The molecule has 1 rings (SSSR count). The van der Waals surface area contributed by atoms with Crippen LogP contribution in [-0.4, -0.2) is 17.5 Å². The van der Waals surface area contributed by atoms with Gasteiger partial charge < -0.3 is 10.6 Å². The van der Waals surface area contributed by atoms with Crippen molar-refractivity contribution >= 4 is 23.2 Å². The van der Waals surface area contributed by atoms with Gasteiger partial charge in [-0.25, -0.2) is 0 Å². The molecule has 1 amide bonds. The molecule has 7 heteroatoms. The molecule has 0 fully saturated rings. The van der Waals surface area contributed by atoms with Gasteiger partial charge in [-0.15, -0.1) is 0 Å². The number of nitrogens with one attached hydrogen (secondary N) is 2. The minimum absolute atomic E-state index is 0.0723. The number of anilines is 1. The summed E-state index contributed by atoms with van der Waals surface area (Å²) in [7, 11) is 0. The molecule has 0 aliphatic carbocycles.